The second-order valence-corrected chi connectivity index (χ2v) is 2.88. The van der Waals surface area contributed by atoms with Crippen molar-refractivity contribution in [3.8, 4) is 17.2 Å². The summed E-state index contributed by atoms with van der Waals surface area (Å²) in [6.45, 7) is 0. The fourth-order valence-corrected chi connectivity index (χ4v) is 1.32. The molecule has 0 aliphatic rings. The molecular weight excluding hydrogens is 225 g/mol. The zero-order valence-corrected chi connectivity index (χ0v) is 9.01. The minimum Gasteiger partial charge on any atom is -0.493 e. The molecule has 0 N–H and O–H groups in total. The summed E-state index contributed by atoms with van der Waals surface area (Å²) < 4.78 is 52.3. The second-order valence-electron chi connectivity index (χ2n) is 2.88. The average Bonchev–Trinajstić information content (AvgIpc) is 2.25. The van der Waals surface area contributed by atoms with Crippen molar-refractivity contribution in [3.05, 3.63) is 17.7 Å². The van der Waals surface area contributed by atoms with Crippen LogP contribution in [0.1, 0.15) is 5.56 Å². The Morgan fingerprint density at radius 2 is 1.44 bits per heavy atom. The molecule has 0 aromatic heterocycles. The zero-order chi connectivity index (χ0) is 12.3. The Morgan fingerprint density at radius 1 is 0.875 bits per heavy atom. The lowest BCUT2D eigenvalue weighted by Crippen LogP contribution is -2.09. The molecule has 0 aliphatic heterocycles. The molecule has 0 spiro atoms. The molecule has 0 bridgehead atoms. The van der Waals surface area contributed by atoms with Gasteiger partial charge in [0.1, 0.15) is 5.56 Å². The van der Waals surface area contributed by atoms with Crippen molar-refractivity contribution in [1.29, 1.82) is 0 Å². The van der Waals surface area contributed by atoms with E-state index in [0.717, 1.165) is 13.2 Å². The monoisotopic (exact) mass is 236 g/mol. The highest BCUT2D eigenvalue weighted by atomic mass is 19.4. The summed E-state index contributed by atoms with van der Waals surface area (Å²) in [5, 5.41) is 0. The Morgan fingerprint density at radius 3 is 1.81 bits per heavy atom. The van der Waals surface area contributed by atoms with Gasteiger partial charge in [0.05, 0.1) is 21.3 Å². The SMILES string of the molecule is COc1ccc(C(F)(F)F)c(OC)c1OC. The third kappa shape index (κ3) is 2.15. The Hall–Kier alpha value is -1.59. The molecule has 0 amide bonds. The molecule has 1 rings (SSSR count). The minimum atomic E-state index is -4.50. The molecule has 0 saturated heterocycles. The van der Waals surface area contributed by atoms with Crippen molar-refractivity contribution in [2.24, 2.45) is 0 Å². The number of hydrogen-bond donors (Lipinski definition) is 0. The van der Waals surface area contributed by atoms with Gasteiger partial charge in [-0.2, -0.15) is 13.2 Å². The Balaban J connectivity index is 3.43. The minimum absolute atomic E-state index is 0.0696. The first kappa shape index (κ1) is 12.5. The zero-order valence-electron chi connectivity index (χ0n) is 9.01. The van der Waals surface area contributed by atoms with Crippen LogP contribution in [-0.4, -0.2) is 21.3 Å². The number of alkyl halides is 3. The lowest BCUT2D eigenvalue weighted by atomic mass is 10.1. The fraction of sp³-hybridized carbons (Fsp3) is 0.400. The first-order chi connectivity index (χ1) is 7.45. The predicted octanol–water partition coefficient (Wildman–Crippen LogP) is 2.73. The van der Waals surface area contributed by atoms with E-state index in [0.29, 0.717) is 0 Å². The summed E-state index contributed by atoms with van der Waals surface area (Å²) in [6, 6.07) is 2.07. The molecule has 1 aromatic carbocycles. The van der Waals surface area contributed by atoms with Crippen LogP contribution in [0.3, 0.4) is 0 Å². The number of rotatable bonds is 3. The summed E-state index contributed by atoms with van der Waals surface area (Å²) in [5.74, 6) is -0.262. The maximum absolute atomic E-state index is 12.6. The number of hydrogen-bond acceptors (Lipinski definition) is 3. The van der Waals surface area contributed by atoms with Gasteiger partial charge in [-0.15, -0.1) is 0 Å². The summed E-state index contributed by atoms with van der Waals surface area (Å²) in [4.78, 5) is 0. The molecule has 90 valence electrons. The fourth-order valence-electron chi connectivity index (χ4n) is 1.32. The van der Waals surface area contributed by atoms with E-state index >= 15 is 0 Å². The highest BCUT2D eigenvalue weighted by Gasteiger charge is 2.36. The van der Waals surface area contributed by atoms with Gasteiger partial charge < -0.3 is 14.2 Å². The lowest BCUT2D eigenvalue weighted by Gasteiger charge is -2.16. The van der Waals surface area contributed by atoms with Gasteiger partial charge >= 0.3 is 6.18 Å². The van der Waals surface area contributed by atoms with Gasteiger partial charge in [-0.1, -0.05) is 0 Å². The van der Waals surface area contributed by atoms with Crippen LogP contribution in [0.4, 0.5) is 13.2 Å². The number of ether oxygens (including phenoxy) is 3. The van der Waals surface area contributed by atoms with E-state index in [4.69, 9.17) is 14.2 Å². The summed E-state index contributed by atoms with van der Waals surface area (Å²) in [6.07, 6.45) is -4.50. The molecule has 0 fully saturated rings. The molecule has 16 heavy (non-hydrogen) atoms. The van der Waals surface area contributed by atoms with Crippen molar-refractivity contribution in [3.63, 3.8) is 0 Å². The Kier molecular flexibility index (Phi) is 3.51. The third-order valence-electron chi connectivity index (χ3n) is 2.01. The largest absolute Gasteiger partial charge is 0.493 e. The molecule has 0 atom stereocenters. The van der Waals surface area contributed by atoms with Gasteiger partial charge in [-0.3, -0.25) is 0 Å². The van der Waals surface area contributed by atoms with E-state index in [1.54, 1.807) is 0 Å². The van der Waals surface area contributed by atoms with Crippen molar-refractivity contribution in [2.75, 3.05) is 21.3 Å². The van der Waals surface area contributed by atoms with Gasteiger partial charge in [0.2, 0.25) is 5.75 Å². The summed E-state index contributed by atoms with van der Waals surface area (Å²) in [5.41, 5.74) is -0.896. The van der Waals surface area contributed by atoms with Crippen molar-refractivity contribution >= 4 is 0 Å². The smallest absolute Gasteiger partial charge is 0.420 e. The number of methoxy groups -OCH3 is 3. The van der Waals surface area contributed by atoms with E-state index in [2.05, 4.69) is 0 Å². The van der Waals surface area contributed by atoms with Crippen LogP contribution in [0.2, 0.25) is 0 Å². The quantitative estimate of drug-likeness (QED) is 0.807. The van der Waals surface area contributed by atoms with E-state index in [-0.39, 0.29) is 17.2 Å². The lowest BCUT2D eigenvalue weighted by molar-refractivity contribution is -0.138. The Labute approximate surface area is 90.7 Å². The highest BCUT2D eigenvalue weighted by molar-refractivity contribution is 5.56. The molecule has 0 aliphatic carbocycles. The van der Waals surface area contributed by atoms with Crippen LogP contribution in [0.5, 0.6) is 17.2 Å². The number of benzene rings is 1. The van der Waals surface area contributed by atoms with Gasteiger partial charge in [-0.05, 0) is 12.1 Å². The van der Waals surface area contributed by atoms with Crippen LogP contribution in [0.25, 0.3) is 0 Å². The number of halogens is 3. The first-order valence-corrected chi connectivity index (χ1v) is 4.31. The van der Waals surface area contributed by atoms with Crippen molar-refractivity contribution in [1.82, 2.24) is 0 Å². The first-order valence-electron chi connectivity index (χ1n) is 4.31. The molecule has 0 radical (unpaired) electrons. The normalized spacial score (nSPS) is 11.1. The maximum Gasteiger partial charge on any atom is 0.420 e. The van der Waals surface area contributed by atoms with Gasteiger partial charge in [0.25, 0.3) is 0 Å². The maximum atomic E-state index is 12.6. The standard InChI is InChI=1S/C10H11F3O3/c1-14-7-5-4-6(10(11,12)13)8(15-2)9(7)16-3/h4-5H,1-3H3. The summed E-state index contributed by atoms with van der Waals surface area (Å²) >= 11 is 0. The van der Waals surface area contributed by atoms with Crippen LogP contribution in [0, 0.1) is 0 Å². The second kappa shape index (κ2) is 4.51. The molecular formula is C10H11F3O3. The van der Waals surface area contributed by atoms with Crippen LogP contribution in [0.15, 0.2) is 12.1 Å². The van der Waals surface area contributed by atoms with E-state index < -0.39 is 11.7 Å². The van der Waals surface area contributed by atoms with Gasteiger partial charge in [0.15, 0.2) is 11.5 Å². The highest BCUT2D eigenvalue weighted by Crippen LogP contribution is 2.45. The van der Waals surface area contributed by atoms with Crippen LogP contribution < -0.4 is 14.2 Å². The summed E-state index contributed by atoms with van der Waals surface area (Å²) in [7, 11) is 3.73. The van der Waals surface area contributed by atoms with Crippen LogP contribution >= 0.6 is 0 Å². The molecule has 3 nitrogen and oxygen atoms in total. The average molecular weight is 236 g/mol. The molecule has 0 heterocycles. The topological polar surface area (TPSA) is 27.7 Å². The molecule has 6 heteroatoms. The van der Waals surface area contributed by atoms with E-state index in [1.807, 2.05) is 0 Å². The molecule has 0 unspecified atom stereocenters. The molecule has 1 aromatic rings. The van der Waals surface area contributed by atoms with Crippen molar-refractivity contribution < 1.29 is 27.4 Å². The van der Waals surface area contributed by atoms with Gasteiger partial charge in [-0.25, -0.2) is 0 Å². The van der Waals surface area contributed by atoms with Crippen molar-refractivity contribution in [2.45, 2.75) is 6.18 Å². The van der Waals surface area contributed by atoms with E-state index in [1.165, 1.54) is 20.3 Å². The molecule has 0 saturated carbocycles. The van der Waals surface area contributed by atoms with Gasteiger partial charge in [0, 0.05) is 0 Å². The van der Waals surface area contributed by atoms with E-state index in [9.17, 15) is 13.2 Å². The third-order valence-corrected chi connectivity index (χ3v) is 2.01. The Bertz CT molecular complexity index is 374. The predicted molar refractivity (Wildman–Crippen MR) is 51.1 cm³/mol. The van der Waals surface area contributed by atoms with Crippen LogP contribution in [-0.2, 0) is 6.18 Å².